The summed E-state index contributed by atoms with van der Waals surface area (Å²) in [5, 5.41) is 14.9. The molecule has 0 N–H and O–H groups in total. The van der Waals surface area contributed by atoms with Crippen LogP contribution in [0.2, 0.25) is 0 Å². The number of hydrogen-bond donors (Lipinski definition) is 0. The third kappa shape index (κ3) is 10.1. The molecule has 6 heterocycles. The van der Waals surface area contributed by atoms with Gasteiger partial charge in [0.25, 0.3) is 0 Å². The Hall–Kier alpha value is -14.9. The molecule has 0 aliphatic heterocycles. The molecule has 8 heteroatoms. The van der Waals surface area contributed by atoms with Gasteiger partial charge in [-0.1, -0.05) is 255 Å². The Bertz CT molecular complexity index is 7620. The molecule has 0 aliphatic rings. The lowest BCUT2D eigenvalue weighted by Gasteiger charge is -2.14. The number of nitrogens with zero attached hydrogens (tertiary/aromatic N) is 8. The predicted octanol–water partition coefficient (Wildman–Crippen LogP) is 26.3. The Kier molecular flexibility index (Phi) is 14.5. The first-order chi connectivity index (χ1) is 54.6. The number of hydrogen-bond acceptors (Lipinski definition) is 4. The molecule has 0 atom stereocenters. The molecule has 0 spiro atoms. The molecule has 17 aromatic carbocycles. The van der Waals surface area contributed by atoms with Gasteiger partial charge in [-0.05, 0) is 177 Å². The minimum Gasteiger partial charge on any atom is -0.309 e. The van der Waals surface area contributed by atoms with Gasteiger partial charge in [0.05, 0.1) is 77.6 Å². The maximum atomic E-state index is 5.29. The van der Waals surface area contributed by atoms with Gasteiger partial charge in [0.1, 0.15) is 5.69 Å². The van der Waals surface area contributed by atoms with Crippen molar-refractivity contribution in [2.45, 2.75) is 0 Å². The van der Waals surface area contributed by atoms with E-state index < -0.39 is 0 Å². The van der Waals surface area contributed by atoms with Crippen LogP contribution in [0.1, 0.15) is 0 Å². The first-order valence-electron chi connectivity index (χ1n) is 37.4. The van der Waals surface area contributed by atoms with Gasteiger partial charge in [-0.2, -0.15) is 0 Å². The molecule has 0 saturated heterocycles. The Balaban J connectivity index is 0.000000136. The fourth-order valence-electron chi connectivity index (χ4n) is 17.2. The van der Waals surface area contributed by atoms with Crippen LogP contribution in [0.3, 0.4) is 0 Å². The number of fused-ring (bicyclic) bond motifs is 18. The Morgan fingerprint density at radius 3 is 0.918 bits per heavy atom. The van der Waals surface area contributed by atoms with Crippen LogP contribution in [0.5, 0.6) is 0 Å². The van der Waals surface area contributed by atoms with Gasteiger partial charge in [0.2, 0.25) is 0 Å². The van der Waals surface area contributed by atoms with E-state index in [2.05, 4.69) is 346 Å². The Morgan fingerprint density at radius 2 is 0.455 bits per heavy atom. The molecule has 0 aliphatic carbocycles. The molecule has 110 heavy (non-hydrogen) atoms. The molecule has 23 rings (SSSR count). The highest BCUT2D eigenvalue weighted by Crippen LogP contribution is 2.45. The first-order valence-corrected chi connectivity index (χ1v) is 37.4. The lowest BCUT2D eigenvalue weighted by Crippen LogP contribution is -2.03. The van der Waals surface area contributed by atoms with Gasteiger partial charge in [0, 0.05) is 76.8 Å². The molecule has 0 radical (unpaired) electrons. The zero-order valence-corrected chi connectivity index (χ0v) is 59.5. The van der Waals surface area contributed by atoms with Gasteiger partial charge in [-0.3, -0.25) is 4.57 Å². The van der Waals surface area contributed by atoms with Crippen LogP contribution < -0.4 is 0 Å². The minimum atomic E-state index is 0.825. The summed E-state index contributed by atoms with van der Waals surface area (Å²) in [5.74, 6) is 0.825. The summed E-state index contributed by atoms with van der Waals surface area (Å²) in [4.78, 5) is 20.7. The second kappa shape index (κ2) is 25.4. The van der Waals surface area contributed by atoms with E-state index in [0.717, 1.165) is 89.8 Å². The second-order valence-electron chi connectivity index (χ2n) is 28.4. The first kappa shape index (κ1) is 62.5. The summed E-state index contributed by atoms with van der Waals surface area (Å²) < 4.78 is 9.47. The fourth-order valence-corrected chi connectivity index (χ4v) is 17.2. The zero-order chi connectivity index (χ0) is 72.3. The van der Waals surface area contributed by atoms with E-state index in [1.165, 1.54) is 120 Å². The topological polar surface area (TPSA) is 71.3 Å². The quantitative estimate of drug-likeness (QED) is 0.144. The summed E-state index contributed by atoms with van der Waals surface area (Å²) >= 11 is 0. The summed E-state index contributed by atoms with van der Waals surface area (Å²) in [7, 11) is 0. The normalized spacial score (nSPS) is 11.8. The van der Waals surface area contributed by atoms with Crippen molar-refractivity contribution < 1.29 is 0 Å². The molecule has 23 aromatic rings. The lowest BCUT2D eigenvalue weighted by molar-refractivity contribution is 1.08. The Labute approximate surface area is 632 Å². The van der Waals surface area contributed by atoms with Crippen LogP contribution in [0.25, 0.3) is 210 Å². The number of rotatable bonds is 9. The van der Waals surface area contributed by atoms with Crippen molar-refractivity contribution in [1.82, 2.24) is 38.2 Å². The van der Waals surface area contributed by atoms with Crippen LogP contribution in [0, 0.1) is 0 Å². The van der Waals surface area contributed by atoms with Crippen LogP contribution >= 0.6 is 0 Å². The smallest absolute Gasteiger partial charge is 0.165 e. The van der Waals surface area contributed by atoms with Crippen molar-refractivity contribution in [3.63, 3.8) is 0 Å². The number of benzene rings is 17. The molecule has 6 aromatic heterocycles. The SMILES string of the molecule is c1ccc(-c2nc3ccccc3nc2-c2ccc(-n3c4ccccc4c4cc(-c5ccc6c(c5)c5c7ccccc7ccc5n6-c5ccccc5)ccc43)cc2)cc1.c1ccc(-c2nc3ccccc3nc2-n2c3ccccc3c3cc(-c4ccc5c(c4)c4c6ccccc6ccc4n5-c4ccccc4)ccc32)cc1. The molecule has 0 fully saturated rings. The molecular weight excluding hydrogens is 1340 g/mol. The molecule has 0 unspecified atom stereocenters. The summed E-state index contributed by atoms with van der Waals surface area (Å²) in [6.45, 7) is 0. The third-order valence-corrected chi connectivity index (χ3v) is 22.2. The molecule has 8 nitrogen and oxygen atoms in total. The zero-order valence-electron chi connectivity index (χ0n) is 59.5. The maximum Gasteiger partial charge on any atom is 0.165 e. The summed E-state index contributed by atoms with van der Waals surface area (Å²) in [6.07, 6.45) is 0. The van der Waals surface area contributed by atoms with Crippen LogP contribution in [-0.4, -0.2) is 38.2 Å². The monoisotopic (exact) mass is 1400 g/mol. The van der Waals surface area contributed by atoms with Crippen molar-refractivity contribution in [3.8, 4) is 78.9 Å². The van der Waals surface area contributed by atoms with E-state index in [4.69, 9.17) is 19.9 Å². The van der Waals surface area contributed by atoms with Crippen molar-refractivity contribution in [2.24, 2.45) is 0 Å². The second-order valence-corrected chi connectivity index (χ2v) is 28.4. The van der Waals surface area contributed by atoms with Crippen molar-refractivity contribution in [2.75, 3.05) is 0 Å². The lowest BCUT2D eigenvalue weighted by atomic mass is 9.99. The van der Waals surface area contributed by atoms with Crippen molar-refractivity contribution in [3.05, 3.63) is 388 Å². The highest BCUT2D eigenvalue weighted by Gasteiger charge is 2.24. The maximum absolute atomic E-state index is 5.29. The van der Waals surface area contributed by atoms with Crippen LogP contribution in [0.15, 0.2) is 388 Å². The standard InChI is InChI=1S/C54H34N4.C48H30N4/c1-3-14-36(15-4-1)53-54(56-47-21-11-10-20-46(47)55-53)37-23-28-41(29-24-37)57-48-22-12-9-19-43(48)44-33-38(26-30-49(44)57)39-27-31-50-45(34-39)52-42-18-8-7-13-35(42)25-32-51(52)58(50)40-16-5-2-6-17-40;1-3-14-32(15-4-1)47-48(50-41-21-11-10-20-40(41)49-47)52-42-22-12-9-19-37(42)38-29-33(24-26-43(38)52)34-25-27-44-39(30-34)46-36-18-8-7-13-31(36)23-28-45(46)51(44)35-16-5-2-6-17-35/h1-34H;1-30H. The predicted molar refractivity (Wildman–Crippen MR) is 459 cm³/mol. The van der Waals surface area contributed by atoms with Gasteiger partial charge in [0.15, 0.2) is 5.82 Å². The fraction of sp³-hybridized carbons (Fsp3) is 0. The van der Waals surface area contributed by atoms with Gasteiger partial charge in [-0.25, -0.2) is 19.9 Å². The summed E-state index contributed by atoms with van der Waals surface area (Å²) in [5.41, 5.74) is 26.8. The van der Waals surface area contributed by atoms with E-state index in [9.17, 15) is 0 Å². The minimum absolute atomic E-state index is 0.825. The van der Waals surface area contributed by atoms with Crippen molar-refractivity contribution in [1.29, 1.82) is 0 Å². The molecule has 0 saturated carbocycles. The van der Waals surface area contributed by atoms with E-state index in [0.29, 0.717) is 0 Å². The van der Waals surface area contributed by atoms with E-state index in [-0.39, 0.29) is 0 Å². The molecule has 0 amide bonds. The van der Waals surface area contributed by atoms with Crippen LogP contribution in [-0.2, 0) is 0 Å². The van der Waals surface area contributed by atoms with Gasteiger partial charge in [-0.15, -0.1) is 0 Å². The van der Waals surface area contributed by atoms with E-state index in [1.54, 1.807) is 0 Å². The average molecular weight is 1400 g/mol. The van der Waals surface area contributed by atoms with E-state index >= 15 is 0 Å². The van der Waals surface area contributed by atoms with Crippen molar-refractivity contribution >= 4 is 131 Å². The average Bonchev–Trinajstić information content (AvgIpc) is 1.62. The highest BCUT2D eigenvalue weighted by atomic mass is 15.1. The Morgan fingerprint density at radius 1 is 0.164 bits per heavy atom. The summed E-state index contributed by atoms with van der Waals surface area (Å²) in [6, 6.07) is 139. The van der Waals surface area contributed by atoms with Gasteiger partial charge < -0.3 is 13.7 Å². The third-order valence-electron chi connectivity index (χ3n) is 22.2. The number of aromatic nitrogens is 8. The molecule has 0 bridgehead atoms. The number of para-hydroxylation sites is 8. The van der Waals surface area contributed by atoms with Crippen LogP contribution in [0.4, 0.5) is 0 Å². The van der Waals surface area contributed by atoms with E-state index in [1.807, 2.05) is 60.7 Å². The highest BCUT2D eigenvalue weighted by molar-refractivity contribution is 6.24. The molecule has 512 valence electrons. The van der Waals surface area contributed by atoms with Gasteiger partial charge >= 0.3 is 0 Å². The molecular formula is C102H64N8. The largest absolute Gasteiger partial charge is 0.309 e.